The van der Waals surface area contributed by atoms with E-state index in [1.165, 1.54) is 7.11 Å². The van der Waals surface area contributed by atoms with E-state index in [-0.39, 0.29) is 24.9 Å². The van der Waals surface area contributed by atoms with Crippen LogP contribution in [0.4, 0.5) is 5.69 Å². The van der Waals surface area contributed by atoms with Gasteiger partial charge >= 0.3 is 0 Å². The van der Waals surface area contributed by atoms with E-state index >= 15 is 0 Å². The second kappa shape index (κ2) is 6.61. The van der Waals surface area contributed by atoms with Crippen molar-refractivity contribution in [1.29, 1.82) is 0 Å². The number of aryl methyl sites for hydroxylation is 1. The van der Waals surface area contributed by atoms with E-state index in [2.05, 4.69) is 10.6 Å². The summed E-state index contributed by atoms with van der Waals surface area (Å²) < 4.78 is 5.13. The smallest absolute Gasteiger partial charge is 0.243 e. The van der Waals surface area contributed by atoms with Gasteiger partial charge in [-0.1, -0.05) is 6.07 Å². The number of ether oxygens (including phenoxy) is 1. The lowest BCUT2D eigenvalue weighted by atomic mass is 10.2. The number of carbonyl (C=O) groups is 2. The van der Waals surface area contributed by atoms with E-state index in [0.29, 0.717) is 11.4 Å². The second-order valence-corrected chi connectivity index (χ2v) is 3.73. The number of nitrogens with two attached hydrogens (primary N) is 1. The molecule has 0 heterocycles. The Kier molecular flexibility index (Phi) is 5.13. The number of nitrogens with one attached hydrogen (secondary N) is 2. The zero-order valence-corrected chi connectivity index (χ0v) is 10.4. The van der Waals surface area contributed by atoms with Gasteiger partial charge in [0.05, 0.1) is 25.9 Å². The zero-order chi connectivity index (χ0) is 13.5. The fourth-order valence-electron chi connectivity index (χ4n) is 1.36. The van der Waals surface area contributed by atoms with Gasteiger partial charge in [-0.05, 0) is 24.6 Å². The Bertz CT molecular complexity index is 446. The van der Waals surface area contributed by atoms with E-state index in [4.69, 9.17) is 10.5 Å². The average Bonchev–Trinajstić information content (AvgIpc) is 2.36. The normalized spacial score (nSPS) is 9.72. The summed E-state index contributed by atoms with van der Waals surface area (Å²) in [5.41, 5.74) is 6.68. The molecule has 2 amide bonds. The van der Waals surface area contributed by atoms with Crippen molar-refractivity contribution in [3.05, 3.63) is 23.8 Å². The maximum absolute atomic E-state index is 11.6. The Morgan fingerprint density at radius 2 is 2.06 bits per heavy atom. The molecule has 1 aromatic rings. The highest BCUT2D eigenvalue weighted by Gasteiger charge is 2.08. The van der Waals surface area contributed by atoms with Gasteiger partial charge < -0.3 is 21.1 Å². The Labute approximate surface area is 105 Å². The van der Waals surface area contributed by atoms with Gasteiger partial charge in [0.2, 0.25) is 11.8 Å². The van der Waals surface area contributed by atoms with Crippen LogP contribution in [-0.4, -0.2) is 32.0 Å². The van der Waals surface area contributed by atoms with Crippen LogP contribution in [0.2, 0.25) is 0 Å². The molecular weight excluding hydrogens is 234 g/mol. The number of rotatable bonds is 5. The minimum absolute atomic E-state index is 0.118. The molecular formula is C12H17N3O3. The maximum Gasteiger partial charge on any atom is 0.243 e. The van der Waals surface area contributed by atoms with E-state index in [0.717, 1.165) is 5.56 Å². The van der Waals surface area contributed by atoms with Crippen molar-refractivity contribution < 1.29 is 14.3 Å². The molecule has 0 aliphatic heterocycles. The van der Waals surface area contributed by atoms with Crippen LogP contribution >= 0.6 is 0 Å². The average molecular weight is 251 g/mol. The van der Waals surface area contributed by atoms with Gasteiger partial charge in [0, 0.05) is 0 Å². The molecule has 0 aliphatic rings. The molecule has 0 spiro atoms. The number of benzene rings is 1. The first kappa shape index (κ1) is 14.0. The largest absolute Gasteiger partial charge is 0.495 e. The van der Waals surface area contributed by atoms with Gasteiger partial charge in [-0.15, -0.1) is 0 Å². The molecule has 0 radical (unpaired) electrons. The number of anilines is 1. The molecule has 0 saturated heterocycles. The fraction of sp³-hybridized carbons (Fsp3) is 0.333. The third-order valence-electron chi connectivity index (χ3n) is 2.26. The lowest BCUT2D eigenvalue weighted by molar-refractivity contribution is -0.123. The van der Waals surface area contributed by atoms with Crippen molar-refractivity contribution >= 4 is 17.5 Å². The molecule has 6 heteroatoms. The Balaban J connectivity index is 2.63. The Morgan fingerprint density at radius 1 is 1.33 bits per heavy atom. The number of methoxy groups -OCH3 is 1. The highest BCUT2D eigenvalue weighted by molar-refractivity contribution is 5.95. The van der Waals surface area contributed by atoms with E-state index < -0.39 is 0 Å². The number of carbonyl (C=O) groups excluding carboxylic acids is 2. The van der Waals surface area contributed by atoms with Crippen molar-refractivity contribution in [3.63, 3.8) is 0 Å². The summed E-state index contributed by atoms with van der Waals surface area (Å²) in [6, 6.07) is 5.44. The van der Waals surface area contributed by atoms with Crippen LogP contribution in [0.1, 0.15) is 5.56 Å². The molecule has 1 aromatic carbocycles. The molecule has 4 N–H and O–H groups in total. The summed E-state index contributed by atoms with van der Waals surface area (Å²) in [7, 11) is 1.52. The molecule has 1 rings (SSSR count). The standard InChI is InChI=1S/C12H17N3O3/c1-8-3-4-10(18-2)9(5-8)15-12(17)7-14-11(16)6-13/h3-5H,6-7,13H2,1-2H3,(H,14,16)(H,15,17). The summed E-state index contributed by atoms with van der Waals surface area (Å²) in [4.78, 5) is 22.5. The molecule has 0 atom stereocenters. The molecule has 18 heavy (non-hydrogen) atoms. The third kappa shape index (κ3) is 4.06. The quantitative estimate of drug-likeness (QED) is 0.687. The van der Waals surface area contributed by atoms with Crippen LogP contribution in [0, 0.1) is 6.92 Å². The summed E-state index contributed by atoms with van der Waals surface area (Å²) in [5, 5.41) is 5.05. The Morgan fingerprint density at radius 3 is 2.67 bits per heavy atom. The van der Waals surface area contributed by atoms with Crippen LogP contribution in [0.25, 0.3) is 0 Å². The second-order valence-electron chi connectivity index (χ2n) is 3.73. The molecule has 0 aliphatic carbocycles. The van der Waals surface area contributed by atoms with Gasteiger partial charge in [-0.3, -0.25) is 9.59 Å². The molecule has 98 valence electrons. The van der Waals surface area contributed by atoms with Crippen molar-refractivity contribution in [2.45, 2.75) is 6.92 Å². The van der Waals surface area contributed by atoms with Crippen LogP contribution < -0.4 is 21.1 Å². The topological polar surface area (TPSA) is 93.5 Å². The number of amides is 2. The van der Waals surface area contributed by atoms with Crippen molar-refractivity contribution in [2.75, 3.05) is 25.5 Å². The van der Waals surface area contributed by atoms with Crippen molar-refractivity contribution in [2.24, 2.45) is 5.73 Å². The van der Waals surface area contributed by atoms with Crippen LogP contribution in [0.5, 0.6) is 5.75 Å². The van der Waals surface area contributed by atoms with E-state index in [9.17, 15) is 9.59 Å². The summed E-state index contributed by atoms with van der Waals surface area (Å²) >= 11 is 0. The monoisotopic (exact) mass is 251 g/mol. The van der Waals surface area contributed by atoms with Crippen molar-refractivity contribution in [1.82, 2.24) is 5.32 Å². The highest BCUT2D eigenvalue weighted by atomic mass is 16.5. The van der Waals surface area contributed by atoms with Crippen LogP contribution in [0.3, 0.4) is 0 Å². The zero-order valence-electron chi connectivity index (χ0n) is 10.4. The lowest BCUT2D eigenvalue weighted by Crippen LogP contribution is -2.36. The molecule has 0 bridgehead atoms. The fourth-order valence-corrected chi connectivity index (χ4v) is 1.36. The molecule has 0 unspecified atom stereocenters. The molecule has 0 fully saturated rings. The molecule has 0 aromatic heterocycles. The third-order valence-corrected chi connectivity index (χ3v) is 2.26. The number of hydrogen-bond donors (Lipinski definition) is 3. The van der Waals surface area contributed by atoms with E-state index in [1.807, 2.05) is 13.0 Å². The number of hydrogen-bond acceptors (Lipinski definition) is 4. The molecule has 6 nitrogen and oxygen atoms in total. The van der Waals surface area contributed by atoms with Crippen LogP contribution in [-0.2, 0) is 9.59 Å². The van der Waals surface area contributed by atoms with Gasteiger partial charge in [0.25, 0.3) is 0 Å². The lowest BCUT2D eigenvalue weighted by Gasteiger charge is -2.11. The summed E-state index contributed by atoms with van der Waals surface area (Å²) in [6.07, 6.45) is 0. The Hall–Kier alpha value is -2.08. The first-order valence-corrected chi connectivity index (χ1v) is 5.48. The SMILES string of the molecule is COc1ccc(C)cc1NC(=O)CNC(=O)CN. The van der Waals surface area contributed by atoms with E-state index in [1.54, 1.807) is 12.1 Å². The first-order valence-electron chi connectivity index (χ1n) is 5.48. The van der Waals surface area contributed by atoms with Crippen molar-refractivity contribution in [3.8, 4) is 5.75 Å². The predicted octanol–water partition coefficient (Wildman–Crippen LogP) is 0.0170. The minimum Gasteiger partial charge on any atom is -0.495 e. The van der Waals surface area contributed by atoms with Gasteiger partial charge in [-0.25, -0.2) is 0 Å². The molecule has 0 saturated carbocycles. The van der Waals surface area contributed by atoms with Gasteiger partial charge in [0.15, 0.2) is 0 Å². The first-order chi connectivity index (χ1) is 8.56. The maximum atomic E-state index is 11.6. The minimum atomic E-state index is -0.374. The van der Waals surface area contributed by atoms with Gasteiger partial charge in [0.1, 0.15) is 5.75 Å². The summed E-state index contributed by atoms with van der Waals surface area (Å²) in [5.74, 6) is -0.138. The summed E-state index contributed by atoms with van der Waals surface area (Å²) in [6.45, 7) is 1.65. The highest BCUT2D eigenvalue weighted by Crippen LogP contribution is 2.24. The van der Waals surface area contributed by atoms with Gasteiger partial charge in [-0.2, -0.15) is 0 Å². The van der Waals surface area contributed by atoms with Crippen LogP contribution in [0.15, 0.2) is 18.2 Å². The predicted molar refractivity (Wildman–Crippen MR) is 68.4 cm³/mol.